The average Bonchev–Trinajstić information content (AvgIpc) is 3.79. The van der Waals surface area contributed by atoms with Crippen LogP contribution in [0.25, 0.3) is 22.3 Å². The van der Waals surface area contributed by atoms with Crippen molar-refractivity contribution in [2.45, 2.75) is 49.4 Å². The number of halogens is 2. The number of aliphatic hydroxyl groups is 2. The van der Waals surface area contributed by atoms with E-state index in [4.69, 9.17) is 45.5 Å². The van der Waals surface area contributed by atoms with Crippen molar-refractivity contribution in [3.05, 3.63) is 33.4 Å². The van der Waals surface area contributed by atoms with Crippen molar-refractivity contribution >= 4 is 42.6 Å². The third kappa shape index (κ3) is 6.29. The van der Waals surface area contributed by atoms with Gasteiger partial charge in [-0.05, 0) is 0 Å². The van der Waals surface area contributed by atoms with E-state index in [2.05, 4.69) is 39.5 Å². The van der Waals surface area contributed by atoms with Crippen molar-refractivity contribution in [2.24, 2.45) is 0 Å². The summed E-state index contributed by atoms with van der Waals surface area (Å²) in [5, 5.41) is 17.8. The van der Waals surface area contributed by atoms with Gasteiger partial charge in [-0.2, -0.15) is 19.5 Å². The molecule has 21 nitrogen and oxygen atoms in total. The predicted octanol–water partition coefficient (Wildman–Crippen LogP) is -1.94. The first-order valence-electron chi connectivity index (χ1n) is 13.1. The molecule has 0 radical (unpaired) electrons. The molecule has 252 valence electrons. The van der Waals surface area contributed by atoms with Crippen LogP contribution in [0.15, 0.2) is 22.2 Å². The molecule has 4 aromatic heterocycles. The molecule has 6 rings (SSSR count). The highest BCUT2D eigenvalue weighted by molar-refractivity contribution is 7.45. The summed E-state index contributed by atoms with van der Waals surface area (Å²) in [5.74, 6) is -0.232. The molecule has 24 heteroatoms. The Morgan fingerprint density at radius 3 is 1.89 bits per heavy atom. The van der Waals surface area contributed by atoms with E-state index in [-0.39, 0.29) is 34.2 Å². The van der Waals surface area contributed by atoms with Crippen molar-refractivity contribution in [2.75, 3.05) is 38.6 Å². The second-order valence-corrected chi connectivity index (χ2v) is 10.8. The number of aromatic nitrogens is 8. The molecule has 3 unspecified atom stereocenters. The van der Waals surface area contributed by atoms with Crippen LogP contribution in [0.3, 0.4) is 0 Å². The molecule has 0 spiro atoms. The number of hydrogen-bond acceptors (Lipinski definition) is 17. The summed E-state index contributed by atoms with van der Waals surface area (Å²) in [4.78, 5) is 57.8. The number of anilines is 2. The highest BCUT2D eigenvalue weighted by Gasteiger charge is 2.49. The Bertz CT molecular complexity index is 1770. The molecule has 0 bridgehead atoms. The molecule has 4 aromatic rings. The fourth-order valence-corrected chi connectivity index (χ4v) is 5.07. The summed E-state index contributed by atoms with van der Waals surface area (Å²) in [5.41, 5.74) is 10.2. The van der Waals surface area contributed by atoms with Crippen LogP contribution in [0.5, 0.6) is 0 Å². The van der Waals surface area contributed by atoms with Crippen molar-refractivity contribution in [1.29, 1.82) is 0 Å². The number of nitrogens with one attached hydrogen (secondary N) is 2. The number of alkyl halides is 2. The minimum Gasteiger partial charge on any atom is -0.394 e. The third-order valence-electron chi connectivity index (χ3n) is 6.91. The molecule has 9 atom stereocenters. The minimum absolute atomic E-state index is 0.0113. The SMILES string of the molecule is COC1[C@@H](F)[C@@H](CO)O[C@H]1n1cnc2c(=O)[nH]c(N)nc21.COC1[C@@H](F)[C@@H](OOP(O)CO)O[C@H]1n1cnc2c(=O)[nH]c(N)nc21. The Morgan fingerprint density at radius 2 is 1.41 bits per heavy atom. The number of fused-ring (bicyclic) bond motifs is 2. The molecular weight excluding hydrogens is 649 g/mol. The highest BCUT2D eigenvalue weighted by atomic mass is 31.2. The lowest BCUT2D eigenvalue weighted by molar-refractivity contribution is -0.327. The Kier molecular flexibility index (Phi) is 10.2. The van der Waals surface area contributed by atoms with E-state index < -0.39 is 81.8 Å². The van der Waals surface area contributed by atoms with Crippen molar-refractivity contribution in [1.82, 2.24) is 39.0 Å². The smallest absolute Gasteiger partial charge is 0.280 e. The van der Waals surface area contributed by atoms with E-state index >= 15 is 0 Å². The molecule has 0 aliphatic carbocycles. The maximum absolute atomic E-state index is 14.5. The molecule has 2 aliphatic heterocycles. The van der Waals surface area contributed by atoms with Gasteiger partial charge < -0.3 is 45.5 Å². The Labute approximate surface area is 255 Å². The molecule has 2 fully saturated rings. The number of ether oxygens (including phenoxy) is 4. The first kappa shape index (κ1) is 33.6. The number of rotatable bonds is 9. The van der Waals surface area contributed by atoms with Crippen LogP contribution in [0.4, 0.5) is 20.7 Å². The summed E-state index contributed by atoms with van der Waals surface area (Å²) >= 11 is 0. The molecule has 2 aliphatic rings. The minimum atomic E-state index is -2.28. The Balaban J connectivity index is 0.000000184. The zero-order valence-corrected chi connectivity index (χ0v) is 24.7. The van der Waals surface area contributed by atoms with Gasteiger partial charge in [-0.1, -0.05) is 0 Å². The second-order valence-electron chi connectivity index (χ2n) is 9.65. The molecule has 2 saturated heterocycles. The zero-order chi connectivity index (χ0) is 33.3. The van der Waals surface area contributed by atoms with E-state index in [9.17, 15) is 18.4 Å². The van der Waals surface area contributed by atoms with Gasteiger partial charge in [0.05, 0.1) is 19.3 Å². The van der Waals surface area contributed by atoms with Crippen LogP contribution < -0.4 is 22.6 Å². The topological polar surface area (TPSA) is 295 Å². The molecule has 9 N–H and O–H groups in total. The summed E-state index contributed by atoms with van der Waals surface area (Å²) in [7, 11) is 0.320. The van der Waals surface area contributed by atoms with Crippen LogP contribution in [0, 0.1) is 0 Å². The average molecular weight is 679 g/mol. The van der Waals surface area contributed by atoms with Gasteiger partial charge in [-0.15, -0.1) is 0 Å². The van der Waals surface area contributed by atoms with Crippen LogP contribution in [0.1, 0.15) is 12.5 Å². The maximum Gasteiger partial charge on any atom is 0.280 e. The molecule has 0 aromatic carbocycles. The van der Waals surface area contributed by atoms with Crippen molar-refractivity contribution < 1.29 is 52.4 Å². The fourth-order valence-electron chi connectivity index (χ4n) is 4.84. The van der Waals surface area contributed by atoms with Crippen molar-refractivity contribution in [3.63, 3.8) is 0 Å². The lowest BCUT2D eigenvalue weighted by Gasteiger charge is -2.19. The second kappa shape index (κ2) is 13.9. The highest BCUT2D eigenvalue weighted by Crippen LogP contribution is 2.38. The van der Waals surface area contributed by atoms with Gasteiger partial charge in [-0.25, -0.2) is 18.7 Å². The number of imidazole rings is 2. The zero-order valence-electron chi connectivity index (χ0n) is 23.8. The quantitative estimate of drug-likeness (QED) is 0.0575. The normalized spacial score (nSPS) is 28.5. The lowest BCUT2D eigenvalue weighted by Crippen LogP contribution is -2.31. The lowest BCUT2D eigenvalue weighted by atomic mass is 10.1. The van der Waals surface area contributed by atoms with Crippen LogP contribution in [-0.2, 0) is 28.5 Å². The Morgan fingerprint density at radius 1 is 0.913 bits per heavy atom. The van der Waals surface area contributed by atoms with E-state index in [0.717, 1.165) is 0 Å². The molecule has 0 saturated carbocycles. The molecule has 6 heterocycles. The largest absolute Gasteiger partial charge is 0.394 e. The fraction of sp³-hybridized carbons (Fsp3) is 0.545. The summed E-state index contributed by atoms with van der Waals surface area (Å²) < 4.78 is 56.7. The van der Waals surface area contributed by atoms with Gasteiger partial charge in [0.2, 0.25) is 26.6 Å². The standard InChI is InChI=1S/C11H15FN5O7P.C11H14FN5O4/c1-21-6-4(12)10(23-24-25(20)3-18)22-9(6)17-2-14-5-7(17)15-11(13)16-8(5)19;1-20-7-5(12)4(2-18)21-10(7)17-3-14-6-8(17)15-11(13)16-9(6)19/h2,4,6,9-10,18,20H,3H2,1H3,(H3,13,15,16,19);3-5,7,10,18H,2H2,1H3,(H3,13,15,16,19)/t4-,6?,9-,10-,25?;4-,5+,7?,10-/m11/s1. The van der Waals surface area contributed by atoms with Gasteiger partial charge in [0.15, 0.2) is 47.1 Å². The monoisotopic (exact) mass is 678 g/mol. The van der Waals surface area contributed by atoms with Crippen molar-refractivity contribution in [3.8, 4) is 0 Å². The van der Waals surface area contributed by atoms with Gasteiger partial charge >= 0.3 is 0 Å². The summed E-state index contributed by atoms with van der Waals surface area (Å²) in [6.07, 6.45) is -8.13. The molecular formula is C22H29F2N10O11P. The number of nitrogen functional groups attached to an aromatic ring is 2. The number of aromatic amines is 2. The van der Waals surface area contributed by atoms with Gasteiger partial charge in [-0.3, -0.25) is 28.7 Å². The number of hydrogen-bond donors (Lipinski definition) is 7. The number of methoxy groups -OCH3 is 2. The van der Waals surface area contributed by atoms with E-state index in [1.165, 1.54) is 36.0 Å². The van der Waals surface area contributed by atoms with Crippen LogP contribution in [0.2, 0.25) is 0 Å². The number of aliphatic hydroxyl groups excluding tert-OH is 2. The van der Waals surface area contributed by atoms with Crippen LogP contribution >= 0.6 is 8.38 Å². The van der Waals surface area contributed by atoms with E-state index in [0.29, 0.717) is 0 Å². The van der Waals surface area contributed by atoms with E-state index in [1.807, 2.05) is 0 Å². The third-order valence-corrected chi connectivity index (χ3v) is 7.41. The number of nitrogens with two attached hydrogens (primary N) is 2. The van der Waals surface area contributed by atoms with Gasteiger partial charge in [0.25, 0.3) is 11.1 Å². The molecule has 46 heavy (non-hydrogen) atoms. The molecule has 0 amide bonds. The van der Waals surface area contributed by atoms with Crippen LogP contribution in [-0.4, -0.2) is 118 Å². The Hall–Kier alpha value is -3.77. The number of H-pyrrole nitrogens is 2. The first-order valence-corrected chi connectivity index (χ1v) is 14.5. The summed E-state index contributed by atoms with van der Waals surface area (Å²) in [6.45, 7) is -0.486. The van der Waals surface area contributed by atoms with E-state index in [1.54, 1.807) is 0 Å². The first-order chi connectivity index (χ1) is 22.0. The van der Waals surface area contributed by atoms with Gasteiger partial charge in [0, 0.05) is 14.2 Å². The maximum atomic E-state index is 14.5. The summed E-state index contributed by atoms with van der Waals surface area (Å²) in [6, 6.07) is 0. The number of nitrogens with zero attached hydrogens (tertiary/aromatic N) is 6. The predicted molar refractivity (Wildman–Crippen MR) is 150 cm³/mol. The van der Waals surface area contributed by atoms with Gasteiger partial charge in [0.1, 0.15) is 24.7 Å².